The van der Waals surface area contributed by atoms with E-state index in [-0.39, 0.29) is 10.7 Å². The predicted octanol–water partition coefficient (Wildman–Crippen LogP) is 3.35. The molecule has 1 fully saturated rings. The van der Waals surface area contributed by atoms with E-state index in [0.717, 1.165) is 6.54 Å². The van der Waals surface area contributed by atoms with Crippen LogP contribution in [-0.4, -0.2) is 23.5 Å². The fourth-order valence-electron chi connectivity index (χ4n) is 2.69. The maximum atomic E-state index is 12.1. The van der Waals surface area contributed by atoms with Crippen LogP contribution in [0.3, 0.4) is 0 Å². The highest BCUT2D eigenvalue weighted by Gasteiger charge is 2.31. The van der Waals surface area contributed by atoms with E-state index in [0.29, 0.717) is 11.1 Å². The molecule has 1 saturated carbocycles. The van der Waals surface area contributed by atoms with Gasteiger partial charge in [-0.3, -0.25) is 4.79 Å². The number of benzene rings is 1. The van der Waals surface area contributed by atoms with Crippen LogP contribution in [0.25, 0.3) is 0 Å². The Hall–Kier alpha value is -1.47. The Morgan fingerprint density at radius 3 is 2.50 bits per heavy atom. The van der Waals surface area contributed by atoms with Gasteiger partial charge in [-0.25, -0.2) is 0 Å². The molecule has 1 N–H and O–H groups in total. The van der Waals surface area contributed by atoms with Crippen molar-refractivity contribution in [3.8, 4) is 6.07 Å². The molecule has 4 heteroatoms. The van der Waals surface area contributed by atoms with Gasteiger partial charge in [0.15, 0.2) is 0 Å². The molecule has 0 atom stereocenters. The molecule has 3 nitrogen and oxygen atoms in total. The molecular formula is C16H20N2OS. The zero-order valence-electron chi connectivity index (χ0n) is 11.8. The molecule has 1 amide bonds. The number of nitriles is 1. The van der Waals surface area contributed by atoms with E-state index in [1.165, 1.54) is 32.1 Å². The van der Waals surface area contributed by atoms with Gasteiger partial charge in [-0.2, -0.15) is 17.0 Å². The lowest BCUT2D eigenvalue weighted by Crippen LogP contribution is -2.41. The normalized spacial score (nSPS) is 17.2. The predicted molar refractivity (Wildman–Crippen MR) is 82.8 cm³/mol. The highest BCUT2D eigenvalue weighted by molar-refractivity contribution is 8.00. The Labute approximate surface area is 124 Å². The first-order valence-corrected chi connectivity index (χ1v) is 8.25. The van der Waals surface area contributed by atoms with Crippen LogP contribution in [0.15, 0.2) is 24.3 Å². The molecule has 0 radical (unpaired) electrons. The number of hydrogen-bond donors (Lipinski definition) is 1. The molecule has 0 spiro atoms. The Balaban J connectivity index is 1.95. The van der Waals surface area contributed by atoms with E-state index in [1.807, 2.05) is 11.8 Å². The Kier molecular flexibility index (Phi) is 5.08. The summed E-state index contributed by atoms with van der Waals surface area (Å²) in [5, 5.41) is 11.8. The molecule has 2 rings (SSSR count). The maximum absolute atomic E-state index is 12.1. The molecule has 0 aliphatic heterocycles. The first kappa shape index (κ1) is 14.9. The van der Waals surface area contributed by atoms with Crippen LogP contribution in [0.5, 0.6) is 0 Å². The third-order valence-electron chi connectivity index (χ3n) is 4.05. The molecule has 0 heterocycles. The van der Waals surface area contributed by atoms with Gasteiger partial charge in [0.1, 0.15) is 0 Å². The van der Waals surface area contributed by atoms with E-state index < -0.39 is 0 Å². The van der Waals surface area contributed by atoms with E-state index >= 15 is 0 Å². The number of hydrogen-bond acceptors (Lipinski definition) is 3. The quantitative estimate of drug-likeness (QED) is 0.924. The summed E-state index contributed by atoms with van der Waals surface area (Å²) in [6.07, 6.45) is 8.33. The first-order valence-electron chi connectivity index (χ1n) is 7.03. The second-order valence-corrected chi connectivity index (χ2v) is 6.59. The third-order valence-corrected chi connectivity index (χ3v) is 5.46. The van der Waals surface area contributed by atoms with Gasteiger partial charge < -0.3 is 5.32 Å². The highest BCUT2D eigenvalue weighted by atomic mass is 32.2. The summed E-state index contributed by atoms with van der Waals surface area (Å²) in [7, 11) is 0. The van der Waals surface area contributed by atoms with Gasteiger partial charge in [-0.1, -0.05) is 19.3 Å². The fourth-order valence-corrected chi connectivity index (χ4v) is 3.60. The SMILES string of the molecule is CSC1(CNC(=O)c2ccc(C#N)cc2)CCCCC1. The first-order chi connectivity index (χ1) is 9.69. The largest absolute Gasteiger partial charge is 0.351 e. The van der Waals surface area contributed by atoms with Crippen LogP contribution in [0.4, 0.5) is 0 Å². The Bertz CT molecular complexity index is 498. The summed E-state index contributed by atoms with van der Waals surface area (Å²) < 4.78 is 0.209. The van der Waals surface area contributed by atoms with Crippen LogP contribution < -0.4 is 5.32 Å². The second kappa shape index (κ2) is 6.81. The minimum atomic E-state index is -0.0477. The zero-order chi connectivity index (χ0) is 14.4. The maximum Gasteiger partial charge on any atom is 0.251 e. The molecular weight excluding hydrogens is 268 g/mol. The van der Waals surface area contributed by atoms with Crippen LogP contribution in [-0.2, 0) is 0 Å². The Morgan fingerprint density at radius 2 is 1.95 bits per heavy atom. The van der Waals surface area contributed by atoms with E-state index in [1.54, 1.807) is 24.3 Å². The number of carbonyl (C=O) groups excluding carboxylic acids is 1. The van der Waals surface area contributed by atoms with Crippen molar-refractivity contribution in [1.29, 1.82) is 5.26 Å². The number of amides is 1. The summed E-state index contributed by atoms with van der Waals surface area (Å²) in [6.45, 7) is 0.729. The molecule has 106 valence electrons. The highest BCUT2D eigenvalue weighted by Crippen LogP contribution is 2.37. The van der Waals surface area contributed by atoms with Crippen molar-refractivity contribution in [2.75, 3.05) is 12.8 Å². The topological polar surface area (TPSA) is 52.9 Å². The van der Waals surface area contributed by atoms with Crippen molar-refractivity contribution < 1.29 is 4.79 Å². The lowest BCUT2D eigenvalue weighted by atomic mass is 9.88. The van der Waals surface area contributed by atoms with E-state index in [9.17, 15) is 4.79 Å². The Morgan fingerprint density at radius 1 is 1.30 bits per heavy atom. The summed E-state index contributed by atoms with van der Waals surface area (Å²) in [6, 6.07) is 8.84. The molecule has 20 heavy (non-hydrogen) atoms. The average molecular weight is 288 g/mol. The van der Waals surface area contributed by atoms with Crippen molar-refractivity contribution in [3.63, 3.8) is 0 Å². The molecule has 1 aromatic carbocycles. The second-order valence-electron chi connectivity index (χ2n) is 5.32. The number of nitrogens with zero attached hydrogens (tertiary/aromatic N) is 1. The summed E-state index contributed by atoms with van der Waals surface area (Å²) in [5.74, 6) is -0.0477. The van der Waals surface area contributed by atoms with Crippen LogP contribution >= 0.6 is 11.8 Å². The standard InChI is InChI=1S/C16H20N2OS/c1-20-16(9-3-2-4-10-16)12-18-15(19)14-7-5-13(11-17)6-8-14/h5-8H,2-4,9-10,12H2,1H3,(H,18,19). The number of carbonyl (C=O) groups is 1. The van der Waals surface area contributed by atoms with Gasteiger partial charge in [0.25, 0.3) is 5.91 Å². The molecule has 1 aliphatic rings. The van der Waals surface area contributed by atoms with Gasteiger partial charge in [0, 0.05) is 16.9 Å². The molecule has 0 saturated heterocycles. The van der Waals surface area contributed by atoms with Crippen LogP contribution in [0, 0.1) is 11.3 Å². The van der Waals surface area contributed by atoms with Gasteiger partial charge in [-0.15, -0.1) is 0 Å². The van der Waals surface area contributed by atoms with Crippen LogP contribution in [0.2, 0.25) is 0 Å². The number of rotatable bonds is 4. The number of thioether (sulfide) groups is 1. The van der Waals surface area contributed by atoms with Gasteiger partial charge in [0.2, 0.25) is 0 Å². The monoisotopic (exact) mass is 288 g/mol. The van der Waals surface area contributed by atoms with Crippen molar-refractivity contribution >= 4 is 17.7 Å². The summed E-state index contributed by atoms with van der Waals surface area (Å²) in [4.78, 5) is 12.1. The van der Waals surface area contributed by atoms with Gasteiger partial charge >= 0.3 is 0 Å². The lowest BCUT2D eigenvalue weighted by Gasteiger charge is -2.35. The van der Waals surface area contributed by atoms with E-state index in [2.05, 4.69) is 17.6 Å². The van der Waals surface area contributed by atoms with Crippen molar-refractivity contribution in [2.45, 2.75) is 36.9 Å². The summed E-state index contributed by atoms with van der Waals surface area (Å²) >= 11 is 1.88. The van der Waals surface area contributed by atoms with Crippen molar-refractivity contribution in [3.05, 3.63) is 35.4 Å². The molecule has 0 unspecified atom stereocenters. The fraction of sp³-hybridized carbons (Fsp3) is 0.500. The van der Waals surface area contributed by atoms with Gasteiger partial charge in [0.05, 0.1) is 11.6 Å². The minimum absolute atomic E-state index is 0.0477. The minimum Gasteiger partial charge on any atom is -0.351 e. The zero-order valence-corrected chi connectivity index (χ0v) is 12.6. The third kappa shape index (κ3) is 3.55. The number of nitrogens with one attached hydrogen (secondary N) is 1. The van der Waals surface area contributed by atoms with Gasteiger partial charge in [-0.05, 0) is 43.4 Å². The van der Waals surface area contributed by atoms with E-state index in [4.69, 9.17) is 5.26 Å². The van der Waals surface area contributed by atoms with Crippen molar-refractivity contribution in [2.24, 2.45) is 0 Å². The lowest BCUT2D eigenvalue weighted by molar-refractivity contribution is 0.0947. The smallest absolute Gasteiger partial charge is 0.251 e. The van der Waals surface area contributed by atoms with Crippen molar-refractivity contribution in [1.82, 2.24) is 5.32 Å². The molecule has 1 aliphatic carbocycles. The van der Waals surface area contributed by atoms with Crippen LogP contribution in [0.1, 0.15) is 48.0 Å². The summed E-state index contributed by atoms with van der Waals surface area (Å²) in [5.41, 5.74) is 1.20. The molecule has 0 bridgehead atoms. The molecule has 1 aromatic rings. The molecule has 0 aromatic heterocycles. The average Bonchev–Trinajstić information content (AvgIpc) is 2.53.